The molecule has 0 heterocycles. The van der Waals surface area contributed by atoms with Crippen molar-refractivity contribution in [2.24, 2.45) is 0 Å². The SMILES string of the molecule is C=Cc1c(CC)ccc2cc(C=O)ccc12.CC. The fourth-order valence-corrected chi connectivity index (χ4v) is 2.04. The van der Waals surface area contributed by atoms with Crippen LogP contribution in [0.4, 0.5) is 0 Å². The second kappa shape index (κ2) is 6.75. The number of aldehydes is 1. The fraction of sp³-hybridized carbons (Fsp3) is 0.235. The summed E-state index contributed by atoms with van der Waals surface area (Å²) in [6, 6.07) is 9.92. The van der Waals surface area contributed by atoms with Gasteiger partial charge in [-0.2, -0.15) is 0 Å². The van der Waals surface area contributed by atoms with Gasteiger partial charge < -0.3 is 0 Å². The number of aryl methyl sites for hydroxylation is 1. The zero-order valence-corrected chi connectivity index (χ0v) is 11.4. The standard InChI is InChI=1S/C15H14O.C2H6/c1-3-12-6-7-13-9-11(10-16)5-8-15(13)14(12)4-2;1-2/h4-10H,2-3H2,1H3;1-2H3. The summed E-state index contributed by atoms with van der Waals surface area (Å²) in [7, 11) is 0. The highest BCUT2D eigenvalue weighted by Crippen LogP contribution is 2.24. The summed E-state index contributed by atoms with van der Waals surface area (Å²) in [5.74, 6) is 0. The molecule has 0 radical (unpaired) electrons. The van der Waals surface area contributed by atoms with Crippen molar-refractivity contribution in [2.45, 2.75) is 27.2 Å². The molecule has 0 saturated carbocycles. The van der Waals surface area contributed by atoms with Gasteiger partial charge in [0.25, 0.3) is 0 Å². The Labute approximate surface area is 109 Å². The minimum atomic E-state index is 0.715. The molecule has 1 heteroatoms. The first-order valence-corrected chi connectivity index (χ1v) is 6.43. The molecule has 1 nitrogen and oxygen atoms in total. The summed E-state index contributed by atoms with van der Waals surface area (Å²) in [4.78, 5) is 10.7. The van der Waals surface area contributed by atoms with Gasteiger partial charge in [-0.25, -0.2) is 0 Å². The molecule has 0 aromatic heterocycles. The number of hydrogen-bond acceptors (Lipinski definition) is 1. The molecule has 0 fully saturated rings. The molecule has 0 atom stereocenters. The van der Waals surface area contributed by atoms with Crippen molar-refractivity contribution in [3.63, 3.8) is 0 Å². The van der Waals surface area contributed by atoms with Gasteiger partial charge in [0.15, 0.2) is 0 Å². The van der Waals surface area contributed by atoms with Crippen molar-refractivity contribution >= 4 is 23.1 Å². The van der Waals surface area contributed by atoms with Gasteiger partial charge in [-0.05, 0) is 34.4 Å². The minimum absolute atomic E-state index is 0.715. The van der Waals surface area contributed by atoms with Gasteiger partial charge in [0.05, 0.1) is 0 Å². The van der Waals surface area contributed by atoms with Crippen molar-refractivity contribution in [3.8, 4) is 0 Å². The van der Waals surface area contributed by atoms with Crippen LogP contribution in [0.15, 0.2) is 36.9 Å². The van der Waals surface area contributed by atoms with Crippen LogP contribution in [0.3, 0.4) is 0 Å². The number of carbonyl (C=O) groups is 1. The molecule has 0 aliphatic carbocycles. The van der Waals surface area contributed by atoms with E-state index in [4.69, 9.17) is 0 Å². The van der Waals surface area contributed by atoms with Crippen molar-refractivity contribution in [1.29, 1.82) is 0 Å². The van der Waals surface area contributed by atoms with Crippen LogP contribution >= 0.6 is 0 Å². The van der Waals surface area contributed by atoms with Crippen molar-refractivity contribution in [3.05, 3.63) is 53.6 Å². The van der Waals surface area contributed by atoms with Crippen molar-refractivity contribution in [2.75, 3.05) is 0 Å². The number of hydrogen-bond donors (Lipinski definition) is 0. The largest absolute Gasteiger partial charge is 0.298 e. The summed E-state index contributed by atoms with van der Waals surface area (Å²) in [5.41, 5.74) is 3.19. The zero-order valence-electron chi connectivity index (χ0n) is 11.4. The summed E-state index contributed by atoms with van der Waals surface area (Å²) < 4.78 is 0. The highest BCUT2D eigenvalue weighted by Gasteiger charge is 2.03. The summed E-state index contributed by atoms with van der Waals surface area (Å²) in [6.45, 7) is 10.00. The molecular weight excluding hydrogens is 220 g/mol. The fourth-order valence-electron chi connectivity index (χ4n) is 2.04. The second-order valence-electron chi connectivity index (χ2n) is 3.79. The Morgan fingerprint density at radius 3 is 2.44 bits per heavy atom. The first kappa shape index (κ1) is 14.2. The summed E-state index contributed by atoms with van der Waals surface area (Å²) in [6.07, 6.45) is 3.76. The van der Waals surface area contributed by atoms with Crippen LogP contribution in [0.5, 0.6) is 0 Å². The molecule has 2 aromatic rings. The Morgan fingerprint density at radius 1 is 1.17 bits per heavy atom. The second-order valence-corrected chi connectivity index (χ2v) is 3.79. The molecule has 2 rings (SSSR count). The molecule has 0 N–H and O–H groups in total. The molecule has 2 aromatic carbocycles. The molecule has 0 saturated heterocycles. The van der Waals surface area contributed by atoms with E-state index in [-0.39, 0.29) is 0 Å². The van der Waals surface area contributed by atoms with E-state index < -0.39 is 0 Å². The molecule has 0 aliphatic rings. The van der Waals surface area contributed by atoms with Crippen LogP contribution in [0.25, 0.3) is 16.8 Å². The maximum Gasteiger partial charge on any atom is 0.150 e. The predicted molar refractivity (Wildman–Crippen MR) is 80.2 cm³/mol. The molecule has 0 aliphatic heterocycles. The van der Waals surface area contributed by atoms with Crippen LogP contribution in [-0.2, 0) is 6.42 Å². The van der Waals surface area contributed by atoms with Gasteiger partial charge in [-0.3, -0.25) is 4.79 Å². The Hall–Kier alpha value is -1.89. The van der Waals surface area contributed by atoms with Crippen LogP contribution < -0.4 is 0 Å². The van der Waals surface area contributed by atoms with Crippen molar-refractivity contribution in [1.82, 2.24) is 0 Å². The molecule has 0 unspecified atom stereocenters. The molecule has 0 spiro atoms. The lowest BCUT2D eigenvalue weighted by atomic mass is 9.96. The van der Waals surface area contributed by atoms with Crippen LogP contribution in [-0.4, -0.2) is 6.29 Å². The molecule has 0 amide bonds. The lowest BCUT2D eigenvalue weighted by molar-refractivity contribution is 0.112. The van der Waals surface area contributed by atoms with E-state index in [0.29, 0.717) is 5.56 Å². The monoisotopic (exact) mass is 240 g/mol. The Bertz CT molecular complexity index is 553. The van der Waals surface area contributed by atoms with Gasteiger partial charge >= 0.3 is 0 Å². The van der Waals surface area contributed by atoms with Crippen molar-refractivity contribution < 1.29 is 4.79 Å². The number of carbonyl (C=O) groups excluding carboxylic acids is 1. The quantitative estimate of drug-likeness (QED) is 0.698. The van der Waals surface area contributed by atoms with Crippen LogP contribution in [0, 0.1) is 0 Å². The maximum absolute atomic E-state index is 10.7. The number of benzene rings is 2. The van der Waals surface area contributed by atoms with E-state index in [0.717, 1.165) is 18.1 Å². The first-order chi connectivity index (χ1) is 8.80. The predicted octanol–water partition coefficient (Wildman–Crippen LogP) is 4.88. The van der Waals surface area contributed by atoms with E-state index in [1.807, 2.05) is 38.1 Å². The molecule has 18 heavy (non-hydrogen) atoms. The average molecular weight is 240 g/mol. The highest BCUT2D eigenvalue weighted by molar-refractivity contribution is 5.95. The highest BCUT2D eigenvalue weighted by atomic mass is 16.1. The third-order valence-electron chi connectivity index (χ3n) is 2.90. The molecule has 0 bridgehead atoms. The number of rotatable bonds is 3. The molecule has 94 valence electrons. The normalized spacial score (nSPS) is 9.50. The summed E-state index contributed by atoms with van der Waals surface area (Å²) >= 11 is 0. The Balaban J connectivity index is 0.000000771. The topological polar surface area (TPSA) is 17.1 Å². The minimum Gasteiger partial charge on any atom is -0.298 e. The van der Waals surface area contributed by atoms with Crippen LogP contribution in [0.1, 0.15) is 42.3 Å². The lowest BCUT2D eigenvalue weighted by Crippen LogP contribution is -1.89. The third kappa shape index (κ3) is 2.67. The lowest BCUT2D eigenvalue weighted by Gasteiger charge is -2.08. The van der Waals surface area contributed by atoms with E-state index in [1.54, 1.807) is 0 Å². The molecular formula is C17H20O. The third-order valence-corrected chi connectivity index (χ3v) is 2.90. The smallest absolute Gasteiger partial charge is 0.150 e. The van der Waals surface area contributed by atoms with Gasteiger partial charge in [0.1, 0.15) is 6.29 Å². The Morgan fingerprint density at radius 2 is 1.89 bits per heavy atom. The number of fused-ring (bicyclic) bond motifs is 1. The van der Waals surface area contributed by atoms with Gasteiger partial charge in [-0.1, -0.05) is 57.7 Å². The van der Waals surface area contributed by atoms with Gasteiger partial charge in [0, 0.05) is 5.56 Å². The average Bonchev–Trinajstić information content (AvgIpc) is 2.47. The summed E-state index contributed by atoms with van der Waals surface area (Å²) in [5, 5.41) is 2.26. The zero-order chi connectivity index (χ0) is 13.5. The van der Waals surface area contributed by atoms with E-state index in [2.05, 4.69) is 25.6 Å². The van der Waals surface area contributed by atoms with Crippen LogP contribution in [0.2, 0.25) is 0 Å². The van der Waals surface area contributed by atoms with E-state index in [9.17, 15) is 4.79 Å². The first-order valence-electron chi connectivity index (χ1n) is 6.43. The van der Waals surface area contributed by atoms with E-state index >= 15 is 0 Å². The Kier molecular flexibility index (Phi) is 5.31. The van der Waals surface area contributed by atoms with Gasteiger partial charge in [-0.15, -0.1) is 0 Å². The van der Waals surface area contributed by atoms with E-state index in [1.165, 1.54) is 16.5 Å². The maximum atomic E-state index is 10.7. The van der Waals surface area contributed by atoms with Gasteiger partial charge in [0.2, 0.25) is 0 Å².